The van der Waals surface area contributed by atoms with E-state index in [1.54, 1.807) is 6.92 Å². The third-order valence-electron chi connectivity index (χ3n) is 3.50. The van der Waals surface area contributed by atoms with Gasteiger partial charge in [0.1, 0.15) is 0 Å². The zero-order chi connectivity index (χ0) is 13.6. The van der Waals surface area contributed by atoms with E-state index in [9.17, 15) is 9.59 Å². The van der Waals surface area contributed by atoms with Gasteiger partial charge < -0.3 is 15.8 Å². The molecule has 0 bridgehead atoms. The quantitative estimate of drug-likeness (QED) is 0.750. The standard InChI is InChI=1S/C13H24N2O3.ClH/c1-3-18-11(16)7-9-15-12(17)10-6-4-5-8-13(10,2)14;/h10H,3-9,14H2,1-2H3,(H,15,17);1H. The average molecular weight is 293 g/mol. The van der Waals surface area contributed by atoms with E-state index in [4.69, 9.17) is 10.5 Å². The van der Waals surface area contributed by atoms with Crippen LogP contribution in [0.25, 0.3) is 0 Å². The maximum absolute atomic E-state index is 12.0. The number of hydrogen-bond acceptors (Lipinski definition) is 4. The molecule has 1 amide bonds. The lowest BCUT2D eigenvalue weighted by atomic mass is 9.74. The van der Waals surface area contributed by atoms with Crippen LogP contribution in [0.5, 0.6) is 0 Å². The Kier molecular flexibility index (Phi) is 8.02. The van der Waals surface area contributed by atoms with E-state index in [0.29, 0.717) is 13.2 Å². The fourth-order valence-electron chi connectivity index (χ4n) is 2.43. The molecule has 2 unspecified atom stereocenters. The number of rotatable bonds is 5. The lowest BCUT2D eigenvalue weighted by Crippen LogP contribution is -2.53. The van der Waals surface area contributed by atoms with Gasteiger partial charge >= 0.3 is 5.97 Å². The van der Waals surface area contributed by atoms with Gasteiger partial charge in [0.25, 0.3) is 0 Å². The van der Waals surface area contributed by atoms with Crippen molar-refractivity contribution in [2.24, 2.45) is 11.7 Å². The van der Waals surface area contributed by atoms with Gasteiger partial charge in [-0.15, -0.1) is 12.4 Å². The van der Waals surface area contributed by atoms with Gasteiger partial charge in [-0.1, -0.05) is 12.8 Å². The van der Waals surface area contributed by atoms with Crippen LogP contribution in [0.15, 0.2) is 0 Å². The van der Waals surface area contributed by atoms with E-state index in [1.165, 1.54) is 0 Å². The summed E-state index contributed by atoms with van der Waals surface area (Å²) in [4.78, 5) is 23.1. The van der Waals surface area contributed by atoms with Crippen LogP contribution in [-0.4, -0.2) is 30.6 Å². The Hall–Kier alpha value is -0.810. The number of ether oxygens (including phenoxy) is 1. The molecule has 0 radical (unpaired) electrons. The molecule has 1 saturated carbocycles. The number of carbonyl (C=O) groups excluding carboxylic acids is 2. The zero-order valence-corrected chi connectivity index (χ0v) is 12.6. The van der Waals surface area contributed by atoms with Gasteiger partial charge in [-0.2, -0.15) is 0 Å². The normalized spacial score (nSPS) is 26.2. The molecule has 112 valence electrons. The molecule has 6 heteroatoms. The number of carbonyl (C=O) groups is 2. The first-order valence-corrected chi connectivity index (χ1v) is 6.69. The van der Waals surface area contributed by atoms with Gasteiger partial charge in [0.2, 0.25) is 5.91 Å². The lowest BCUT2D eigenvalue weighted by molar-refractivity contribution is -0.143. The van der Waals surface area contributed by atoms with Crippen LogP contribution in [0, 0.1) is 5.92 Å². The molecular weight excluding hydrogens is 268 g/mol. The van der Waals surface area contributed by atoms with Crippen LogP contribution >= 0.6 is 12.4 Å². The van der Waals surface area contributed by atoms with Crippen LogP contribution in [0.1, 0.15) is 46.0 Å². The fourth-order valence-corrected chi connectivity index (χ4v) is 2.43. The predicted molar refractivity (Wildman–Crippen MR) is 76.1 cm³/mol. The van der Waals surface area contributed by atoms with Crippen molar-refractivity contribution in [3.05, 3.63) is 0 Å². The Morgan fingerprint density at radius 1 is 1.42 bits per heavy atom. The number of nitrogens with two attached hydrogens (primary N) is 1. The molecule has 0 heterocycles. The average Bonchev–Trinajstić information content (AvgIpc) is 2.28. The van der Waals surface area contributed by atoms with Gasteiger partial charge in [-0.25, -0.2) is 0 Å². The van der Waals surface area contributed by atoms with E-state index in [2.05, 4.69) is 5.32 Å². The van der Waals surface area contributed by atoms with E-state index in [-0.39, 0.29) is 36.6 Å². The molecule has 0 spiro atoms. The SMILES string of the molecule is CCOC(=O)CCNC(=O)C1CCCCC1(C)N.Cl. The van der Waals surface area contributed by atoms with Crippen molar-refractivity contribution in [1.82, 2.24) is 5.32 Å². The maximum atomic E-state index is 12.0. The molecule has 1 fully saturated rings. The molecular formula is C13H25ClN2O3. The third-order valence-corrected chi connectivity index (χ3v) is 3.50. The van der Waals surface area contributed by atoms with Gasteiger partial charge in [0, 0.05) is 12.1 Å². The number of nitrogens with one attached hydrogen (secondary N) is 1. The number of hydrogen-bond donors (Lipinski definition) is 2. The molecule has 1 rings (SSSR count). The van der Waals surface area contributed by atoms with E-state index in [1.807, 2.05) is 6.92 Å². The minimum Gasteiger partial charge on any atom is -0.466 e. The van der Waals surface area contributed by atoms with Crippen molar-refractivity contribution < 1.29 is 14.3 Å². The van der Waals surface area contributed by atoms with Crippen molar-refractivity contribution in [3.63, 3.8) is 0 Å². The third kappa shape index (κ3) is 5.78. The smallest absolute Gasteiger partial charge is 0.307 e. The van der Waals surface area contributed by atoms with Crippen molar-refractivity contribution in [2.75, 3.05) is 13.2 Å². The summed E-state index contributed by atoms with van der Waals surface area (Å²) in [6.07, 6.45) is 4.05. The summed E-state index contributed by atoms with van der Waals surface area (Å²) in [6.45, 7) is 4.39. The van der Waals surface area contributed by atoms with Crippen molar-refractivity contribution in [1.29, 1.82) is 0 Å². The second-order valence-electron chi connectivity index (χ2n) is 5.15. The van der Waals surface area contributed by atoms with Crippen molar-refractivity contribution in [2.45, 2.75) is 51.5 Å². The summed E-state index contributed by atoms with van der Waals surface area (Å²) in [5.41, 5.74) is 5.73. The first kappa shape index (κ1) is 18.2. The maximum Gasteiger partial charge on any atom is 0.307 e. The van der Waals surface area contributed by atoms with Crippen molar-refractivity contribution >= 4 is 24.3 Å². The summed E-state index contributed by atoms with van der Waals surface area (Å²) in [5, 5.41) is 2.78. The summed E-state index contributed by atoms with van der Waals surface area (Å²) in [6, 6.07) is 0. The molecule has 0 aromatic rings. The highest BCUT2D eigenvalue weighted by atomic mass is 35.5. The number of amides is 1. The number of esters is 1. The van der Waals surface area contributed by atoms with Crippen LogP contribution in [0.4, 0.5) is 0 Å². The molecule has 0 aromatic carbocycles. The molecule has 0 aromatic heterocycles. The van der Waals surface area contributed by atoms with Gasteiger partial charge in [-0.3, -0.25) is 9.59 Å². The Labute approximate surface area is 121 Å². The Morgan fingerprint density at radius 2 is 2.11 bits per heavy atom. The molecule has 19 heavy (non-hydrogen) atoms. The van der Waals surface area contributed by atoms with E-state index in [0.717, 1.165) is 25.7 Å². The van der Waals surface area contributed by atoms with Crippen LogP contribution in [-0.2, 0) is 14.3 Å². The number of halogens is 1. The highest BCUT2D eigenvalue weighted by Crippen LogP contribution is 2.31. The molecule has 3 N–H and O–H groups in total. The second-order valence-corrected chi connectivity index (χ2v) is 5.15. The first-order chi connectivity index (χ1) is 8.47. The second kappa shape index (κ2) is 8.38. The van der Waals surface area contributed by atoms with Gasteiger partial charge in [-0.05, 0) is 26.7 Å². The van der Waals surface area contributed by atoms with Gasteiger partial charge in [0.05, 0.1) is 18.9 Å². The topological polar surface area (TPSA) is 81.4 Å². The molecule has 0 aliphatic heterocycles. The monoisotopic (exact) mass is 292 g/mol. The Bertz CT molecular complexity index is 308. The summed E-state index contributed by atoms with van der Waals surface area (Å²) in [5.74, 6) is -0.464. The highest BCUT2D eigenvalue weighted by molar-refractivity contribution is 5.85. The van der Waals surface area contributed by atoms with E-state index < -0.39 is 5.54 Å². The summed E-state index contributed by atoms with van der Waals surface area (Å²) < 4.78 is 4.80. The molecule has 0 saturated heterocycles. The van der Waals surface area contributed by atoms with Crippen LogP contribution in [0.2, 0.25) is 0 Å². The lowest BCUT2D eigenvalue weighted by Gasteiger charge is -2.37. The Balaban J connectivity index is 0.00000324. The van der Waals surface area contributed by atoms with Crippen LogP contribution < -0.4 is 11.1 Å². The fraction of sp³-hybridized carbons (Fsp3) is 0.846. The minimum atomic E-state index is -0.424. The van der Waals surface area contributed by atoms with Crippen molar-refractivity contribution in [3.8, 4) is 0 Å². The summed E-state index contributed by atoms with van der Waals surface area (Å²) >= 11 is 0. The Morgan fingerprint density at radius 3 is 2.68 bits per heavy atom. The largest absolute Gasteiger partial charge is 0.466 e. The zero-order valence-electron chi connectivity index (χ0n) is 11.7. The first-order valence-electron chi connectivity index (χ1n) is 6.69. The molecule has 5 nitrogen and oxygen atoms in total. The highest BCUT2D eigenvalue weighted by Gasteiger charge is 2.37. The van der Waals surface area contributed by atoms with E-state index >= 15 is 0 Å². The van der Waals surface area contributed by atoms with Crippen LogP contribution in [0.3, 0.4) is 0 Å². The molecule has 1 aliphatic rings. The van der Waals surface area contributed by atoms with Gasteiger partial charge in [0.15, 0.2) is 0 Å². The predicted octanol–water partition coefficient (Wildman–Crippen LogP) is 1.39. The molecule has 1 aliphatic carbocycles. The minimum absolute atomic E-state index is 0. The summed E-state index contributed by atoms with van der Waals surface area (Å²) in [7, 11) is 0. The molecule has 2 atom stereocenters.